The Kier molecular flexibility index (Phi) is 4.61. The van der Waals surface area contributed by atoms with Gasteiger partial charge in [-0.1, -0.05) is 17.3 Å². The van der Waals surface area contributed by atoms with Crippen LogP contribution in [0.1, 0.15) is 18.1 Å². The number of pyridine rings is 1. The molecule has 0 spiro atoms. The lowest BCUT2D eigenvalue weighted by atomic mass is 10.2. The molecule has 0 aliphatic carbocycles. The van der Waals surface area contributed by atoms with Gasteiger partial charge in [-0.2, -0.15) is 4.98 Å². The standard InChI is InChI=1S/C19H18N6O2/c1-25(12-16-21-14-6-2-3-7-15(14)22-16)18(26)9-8-17-23-19(24-27-17)13-5-4-10-20-11-13/h2-7,10-11H,8-9,12H2,1H3,(H,21,22). The molecule has 0 bridgehead atoms. The lowest BCUT2D eigenvalue weighted by Crippen LogP contribution is -2.26. The highest BCUT2D eigenvalue weighted by molar-refractivity contribution is 5.77. The van der Waals surface area contributed by atoms with E-state index < -0.39 is 0 Å². The SMILES string of the molecule is CN(Cc1nc2ccccc2[nH]1)C(=O)CCc1nc(-c2cccnc2)no1. The number of imidazole rings is 1. The Labute approximate surface area is 155 Å². The zero-order chi connectivity index (χ0) is 18.6. The third kappa shape index (κ3) is 3.84. The Morgan fingerprint density at radius 3 is 2.89 bits per heavy atom. The molecule has 8 heteroatoms. The van der Waals surface area contributed by atoms with Crippen LogP contribution in [-0.2, 0) is 17.8 Å². The average Bonchev–Trinajstić information content (AvgIpc) is 3.33. The van der Waals surface area contributed by atoms with Gasteiger partial charge in [0.25, 0.3) is 0 Å². The summed E-state index contributed by atoms with van der Waals surface area (Å²) in [5.74, 6) is 1.64. The number of H-pyrrole nitrogens is 1. The van der Waals surface area contributed by atoms with E-state index in [1.54, 1.807) is 24.3 Å². The van der Waals surface area contributed by atoms with E-state index in [1.807, 2.05) is 36.4 Å². The second-order valence-corrected chi connectivity index (χ2v) is 6.20. The molecule has 8 nitrogen and oxygen atoms in total. The molecule has 1 N–H and O–H groups in total. The van der Waals surface area contributed by atoms with E-state index >= 15 is 0 Å². The van der Waals surface area contributed by atoms with Crippen LogP contribution in [0.4, 0.5) is 0 Å². The van der Waals surface area contributed by atoms with E-state index in [-0.39, 0.29) is 12.3 Å². The average molecular weight is 362 g/mol. The molecule has 4 aromatic rings. The highest BCUT2D eigenvalue weighted by atomic mass is 16.5. The predicted octanol–water partition coefficient (Wildman–Crippen LogP) is 2.60. The molecule has 1 aromatic carbocycles. The van der Waals surface area contributed by atoms with Crippen LogP contribution in [0.5, 0.6) is 0 Å². The number of aromatic nitrogens is 5. The zero-order valence-corrected chi connectivity index (χ0v) is 14.8. The number of rotatable bonds is 6. The van der Waals surface area contributed by atoms with Gasteiger partial charge in [0.2, 0.25) is 17.6 Å². The number of hydrogen-bond acceptors (Lipinski definition) is 6. The van der Waals surface area contributed by atoms with Crippen LogP contribution < -0.4 is 0 Å². The number of aromatic amines is 1. The van der Waals surface area contributed by atoms with E-state index in [1.165, 1.54) is 0 Å². The minimum absolute atomic E-state index is 0.0171. The van der Waals surface area contributed by atoms with Crippen molar-refractivity contribution in [3.8, 4) is 11.4 Å². The monoisotopic (exact) mass is 362 g/mol. The van der Waals surface area contributed by atoms with E-state index in [2.05, 4.69) is 25.1 Å². The maximum Gasteiger partial charge on any atom is 0.227 e. The summed E-state index contributed by atoms with van der Waals surface area (Å²) in [4.78, 5) is 30.1. The zero-order valence-electron chi connectivity index (χ0n) is 14.8. The molecule has 0 aliphatic heterocycles. The largest absolute Gasteiger partial charge is 0.340 e. The van der Waals surface area contributed by atoms with Gasteiger partial charge in [-0.25, -0.2) is 4.98 Å². The van der Waals surface area contributed by atoms with Gasteiger partial charge in [0.1, 0.15) is 5.82 Å². The molecule has 0 radical (unpaired) electrons. The van der Waals surface area contributed by atoms with Crippen molar-refractivity contribution >= 4 is 16.9 Å². The van der Waals surface area contributed by atoms with Crippen LogP contribution in [0, 0.1) is 0 Å². The van der Waals surface area contributed by atoms with Crippen molar-refractivity contribution in [1.29, 1.82) is 0 Å². The van der Waals surface area contributed by atoms with Crippen LogP contribution in [0.15, 0.2) is 53.3 Å². The van der Waals surface area contributed by atoms with Gasteiger partial charge in [-0.3, -0.25) is 9.78 Å². The fraction of sp³-hybridized carbons (Fsp3) is 0.211. The summed E-state index contributed by atoms with van der Waals surface area (Å²) in [6, 6.07) is 11.4. The molecule has 0 atom stereocenters. The van der Waals surface area contributed by atoms with E-state index in [0.29, 0.717) is 24.7 Å². The van der Waals surface area contributed by atoms with Crippen LogP contribution in [0.2, 0.25) is 0 Å². The number of nitrogens with zero attached hydrogens (tertiary/aromatic N) is 5. The topological polar surface area (TPSA) is 101 Å². The second kappa shape index (κ2) is 7.36. The van der Waals surface area contributed by atoms with Crippen molar-refractivity contribution in [3.05, 3.63) is 60.5 Å². The number of aryl methyl sites for hydroxylation is 1. The number of carbonyl (C=O) groups is 1. The fourth-order valence-electron chi connectivity index (χ4n) is 2.77. The summed E-state index contributed by atoms with van der Waals surface area (Å²) in [6.07, 6.45) is 4.02. The summed E-state index contributed by atoms with van der Waals surface area (Å²) < 4.78 is 5.23. The first-order valence-electron chi connectivity index (χ1n) is 8.59. The van der Waals surface area contributed by atoms with Crippen molar-refractivity contribution in [1.82, 2.24) is 30.0 Å². The van der Waals surface area contributed by atoms with Crippen LogP contribution in [0.3, 0.4) is 0 Å². The van der Waals surface area contributed by atoms with E-state index in [9.17, 15) is 4.79 Å². The maximum absolute atomic E-state index is 12.4. The summed E-state index contributed by atoms with van der Waals surface area (Å²) in [6.45, 7) is 0.415. The van der Waals surface area contributed by atoms with Gasteiger partial charge in [0.05, 0.1) is 17.6 Å². The first-order valence-corrected chi connectivity index (χ1v) is 8.59. The number of para-hydroxylation sites is 2. The number of carbonyl (C=O) groups excluding carboxylic acids is 1. The smallest absolute Gasteiger partial charge is 0.227 e. The number of fused-ring (bicyclic) bond motifs is 1. The van der Waals surface area contributed by atoms with E-state index in [4.69, 9.17) is 4.52 Å². The molecule has 27 heavy (non-hydrogen) atoms. The first kappa shape index (κ1) is 16.9. The van der Waals surface area contributed by atoms with Crippen LogP contribution >= 0.6 is 0 Å². The van der Waals surface area contributed by atoms with Crippen molar-refractivity contribution in [2.45, 2.75) is 19.4 Å². The predicted molar refractivity (Wildman–Crippen MR) is 98.4 cm³/mol. The van der Waals surface area contributed by atoms with Gasteiger partial charge in [0, 0.05) is 37.8 Å². The molecule has 4 rings (SSSR count). The Morgan fingerprint density at radius 1 is 1.19 bits per heavy atom. The Bertz CT molecular complexity index is 1020. The third-order valence-electron chi connectivity index (χ3n) is 4.19. The van der Waals surface area contributed by atoms with Gasteiger partial charge < -0.3 is 14.4 Å². The number of nitrogens with one attached hydrogen (secondary N) is 1. The Morgan fingerprint density at radius 2 is 2.07 bits per heavy atom. The fourth-order valence-corrected chi connectivity index (χ4v) is 2.77. The minimum atomic E-state index is -0.0171. The molecule has 0 saturated carbocycles. The summed E-state index contributed by atoms with van der Waals surface area (Å²) in [7, 11) is 1.75. The van der Waals surface area contributed by atoms with Crippen molar-refractivity contribution in [3.63, 3.8) is 0 Å². The van der Waals surface area contributed by atoms with Crippen molar-refractivity contribution in [2.24, 2.45) is 0 Å². The third-order valence-corrected chi connectivity index (χ3v) is 4.19. The molecule has 3 aromatic heterocycles. The molecule has 0 unspecified atom stereocenters. The Hall–Kier alpha value is -3.55. The molecule has 3 heterocycles. The lowest BCUT2D eigenvalue weighted by Gasteiger charge is -2.14. The number of amides is 1. The maximum atomic E-state index is 12.4. The van der Waals surface area contributed by atoms with Gasteiger partial charge >= 0.3 is 0 Å². The lowest BCUT2D eigenvalue weighted by molar-refractivity contribution is -0.130. The van der Waals surface area contributed by atoms with Crippen LogP contribution in [-0.4, -0.2) is 42.9 Å². The van der Waals surface area contributed by atoms with Gasteiger partial charge in [-0.05, 0) is 24.3 Å². The number of benzene rings is 1. The summed E-state index contributed by atoms with van der Waals surface area (Å²) >= 11 is 0. The molecule has 0 aliphatic rings. The minimum Gasteiger partial charge on any atom is -0.340 e. The van der Waals surface area contributed by atoms with Crippen LogP contribution in [0.25, 0.3) is 22.4 Å². The first-order chi connectivity index (χ1) is 13.2. The van der Waals surface area contributed by atoms with Crippen molar-refractivity contribution < 1.29 is 9.32 Å². The summed E-state index contributed by atoms with van der Waals surface area (Å²) in [5, 5.41) is 3.94. The highest BCUT2D eigenvalue weighted by Gasteiger charge is 2.15. The molecular formula is C19H18N6O2. The van der Waals surface area contributed by atoms with Crippen molar-refractivity contribution in [2.75, 3.05) is 7.05 Å². The molecule has 1 amide bonds. The normalized spacial score (nSPS) is 11.0. The number of hydrogen-bond donors (Lipinski definition) is 1. The molecule has 0 saturated heterocycles. The molecule has 0 fully saturated rings. The quantitative estimate of drug-likeness (QED) is 0.566. The van der Waals surface area contributed by atoms with Gasteiger partial charge in [0.15, 0.2) is 0 Å². The van der Waals surface area contributed by atoms with E-state index in [0.717, 1.165) is 22.4 Å². The molecule has 136 valence electrons. The van der Waals surface area contributed by atoms with Gasteiger partial charge in [-0.15, -0.1) is 0 Å². The highest BCUT2D eigenvalue weighted by Crippen LogP contribution is 2.15. The Balaban J connectivity index is 1.34. The summed E-state index contributed by atoms with van der Waals surface area (Å²) in [5.41, 5.74) is 2.63. The second-order valence-electron chi connectivity index (χ2n) is 6.20. The molecular weight excluding hydrogens is 344 g/mol.